The monoisotopic (exact) mass is 263 g/mol. The van der Waals surface area contributed by atoms with Gasteiger partial charge < -0.3 is 10.2 Å². The summed E-state index contributed by atoms with van der Waals surface area (Å²) in [7, 11) is 0. The molecule has 0 bridgehead atoms. The van der Waals surface area contributed by atoms with Gasteiger partial charge in [-0.05, 0) is 44.3 Å². The summed E-state index contributed by atoms with van der Waals surface area (Å²) >= 11 is 0. The number of aliphatic carboxylic acids is 1. The largest absolute Gasteiger partial charge is 0.508 e. The summed E-state index contributed by atoms with van der Waals surface area (Å²) in [5.74, 6) is 0.198. The lowest BCUT2D eigenvalue weighted by Gasteiger charge is -2.31. The molecule has 0 amide bonds. The Bertz CT molecular complexity index is 425. The van der Waals surface area contributed by atoms with Gasteiger partial charge in [0, 0.05) is 18.5 Å². The standard InChI is InChI=1S/C15H21NO3/c17-14-4-2-1-3-13(14)11-16-9-7-12(8-10-16)5-6-15(18)19/h1-4,12,17H,5-11H2,(H,18,19). The summed E-state index contributed by atoms with van der Waals surface area (Å²) in [6, 6.07) is 7.44. The van der Waals surface area contributed by atoms with E-state index in [1.54, 1.807) is 6.07 Å². The molecule has 2 N–H and O–H groups in total. The Kier molecular flexibility index (Phi) is 4.80. The maximum atomic E-state index is 10.5. The van der Waals surface area contributed by atoms with E-state index >= 15 is 0 Å². The fourth-order valence-electron chi connectivity index (χ4n) is 2.65. The van der Waals surface area contributed by atoms with Crippen LogP contribution in [-0.2, 0) is 11.3 Å². The molecule has 1 aromatic carbocycles. The number of hydrogen-bond donors (Lipinski definition) is 2. The number of carboxylic acids is 1. The molecule has 0 radical (unpaired) electrons. The van der Waals surface area contributed by atoms with Gasteiger partial charge in [0.1, 0.15) is 5.75 Å². The molecule has 1 aliphatic rings. The molecule has 1 saturated heterocycles. The molecule has 0 aliphatic carbocycles. The van der Waals surface area contributed by atoms with E-state index in [2.05, 4.69) is 4.90 Å². The molecule has 104 valence electrons. The molecular weight excluding hydrogens is 242 g/mol. The molecule has 19 heavy (non-hydrogen) atoms. The summed E-state index contributed by atoms with van der Waals surface area (Å²) in [5, 5.41) is 18.4. The molecular formula is C15H21NO3. The quantitative estimate of drug-likeness (QED) is 0.856. The van der Waals surface area contributed by atoms with Crippen LogP contribution in [0, 0.1) is 5.92 Å². The van der Waals surface area contributed by atoms with E-state index < -0.39 is 5.97 Å². The first-order valence-electron chi connectivity index (χ1n) is 6.86. The fraction of sp³-hybridized carbons (Fsp3) is 0.533. The van der Waals surface area contributed by atoms with Crippen LogP contribution in [0.4, 0.5) is 0 Å². The van der Waals surface area contributed by atoms with Crippen molar-refractivity contribution in [2.75, 3.05) is 13.1 Å². The molecule has 1 aliphatic heterocycles. The lowest BCUT2D eigenvalue weighted by molar-refractivity contribution is -0.137. The Hall–Kier alpha value is -1.55. The number of aromatic hydroxyl groups is 1. The van der Waals surface area contributed by atoms with E-state index in [-0.39, 0.29) is 6.42 Å². The van der Waals surface area contributed by atoms with Gasteiger partial charge in [0.15, 0.2) is 0 Å². The number of carboxylic acid groups (broad SMARTS) is 1. The molecule has 0 aromatic heterocycles. The van der Waals surface area contributed by atoms with Crippen molar-refractivity contribution in [3.8, 4) is 5.75 Å². The Morgan fingerprint density at radius 2 is 1.95 bits per heavy atom. The molecule has 1 aromatic rings. The van der Waals surface area contributed by atoms with Gasteiger partial charge in [-0.2, -0.15) is 0 Å². The number of benzene rings is 1. The maximum absolute atomic E-state index is 10.5. The van der Waals surface area contributed by atoms with Crippen LogP contribution in [0.25, 0.3) is 0 Å². The van der Waals surface area contributed by atoms with E-state index in [0.29, 0.717) is 11.7 Å². The number of likely N-dealkylation sites (tertiary alicyclic amines) is 1. The zero-order chi connectivity index (χ0) is 13.7. The topological polar surface area (TPSA) is 60.8 Å². The zero-order valence-electron chi connectivity index (χ0n) is 11.1. The summed E-state index contributed by atoms with van der Waals surface area (Å²) in [5.41, 5.74) is 0.964. The lowest BCUT2D eigenvalue weighted by atomic mass is 9.92. The van der Waals surface area contributed by atoms with E-state index in [0.717, 1.165) is 44.5 Å². The Morgan fingerprint density at radius 1 is 1.26 bits per heavy atom. The van der Waals surface area contributed by atoms with Crippen LogP contribution in [0.2, 0.25) is 0 Å². The van der Waals surface area contributed by atoms with Crippen molar-refractivity contribution in [3.05, 3.63) is 29.8 Å². The first-order valence-corrected chi connectivity index (χ1v) is 6.86. The Balaban J connectivity index is 1.77. The van der Waals surface area contributed by atoms with E-state index in [9.17, 15) is 9.90 Å². The number of para-hydroxylation sites is 1. The van der Waals surface area contributed by atoms with Gasteiger partial charge in [-0.1, -0.05) is 18.2 Å². The van der Waals surface area contributed by atoms with Crippen molar-refractivity contribution in [1.82, 2.24) is 4.90 Å². The molecule has 0 spiro atoms. The van der Waals surface area contributed by atoms with Crippen LogP contribution in [0.1, 0.15) is 31.2 Å². The predicted molar refractivity (Wildman–Crippen MR) is 73.0 cm³/mol. The summed E-state index contributed by atoms with van der Waals surface area (Å²) in [4.78, 5) is 12.9. The molecule has 4 heteroatoms. The number of phenols is 1. The number of hydrogen-bond acceptors (Lipinski definition) is 3. The van der Waals surface area contributed by atoms with Gasteiger partial charge in [-0.25, -0.2) is 0 Å². The van der Waals surface area contributed by atoms with Gasteiger partial charge >= 0.3 is 5.97 Å². The second kappa shape index (κ2) is 6.57. The third kappa shape index (κ3) is 4.24. The number of phenolic OH excluding ortho intramolecular Hbond substituents is 1. The predicted octanol–water partition coefficient (Wildman–Crippen LogP) is 2.47. The maximum Gasteiger partial charge on any atom is 0.303 e. The van der Waals surface area contributed by atoms with Crippen LogP contribution in [0.5, 0.6) is 5.75 Å². The summed E-state index contributed by atoms with van der Waals surface area (Å²) in [6.07, 6.45) is 3.19. The average Bonchev–Trinajstić information content (AvgIpc) is 2.40. The van der Waals surface area contributed by atoms with E-state index in [1.165, 1.54) is 0 Å². The number of nitrogens with zero attached hydrogens (tertiary/aromatic N) is 1. The molecule has 1 fully saturated rings. The minimum atomic E-state index is -0.698. The van der Waals surface area contributed by atoms with Crippen molar-refractivity contribution in [2.45, 2.75) is 32.2 Å². The fourth-order valence-corrected chi connectivity index (χ4v) is 2.65. The molecule has 2 rings (SSSR count). The molecule has 0 unspecified atom stereocenters. The summed E-state index contributed by atoms with van der Waals surface area (Å²) < 4.78 is 0. The number of carbonyl (C=O) groups is 1. The van der Waals surface area contributed by atoms with Crippen molar-refractivity contribution >= 4 is 5.97 Å². The smallest absolute Gasteiger partial charge is 0.303 e. The van der Waals surface area contributed by atoms with Crippen molar-refractivity contribution in [2.24, 2.45) is 5.92 Å². The van der Waals surface area contributed by atoms with E-state index in [4.69, 9.17) is 5.11 Å². The minimum Gasteiger partial charge on any atom is -0.508 e. The van der Waals surface area contributed by atoms with Crippen LogP contribution in [0.15, 0.2) is 24.3 Å². The van der Waals surface area contributed by atoms with Crippen molar-refractivity contribution in [1.29, 1.82) is 0 Å². The van der Waals surface area contributed by atoms with Crippen molar-refractivity contribution < 1.29 is 15.0 Å². The average molecular weight is 263 g/mol. The van der Waals surface area contributed by atoms with E-state index in [1.807, 2.05) is 18.2 Å². The van der Waals surface area contributed by atoms with Gasteiger partial charge in [-0.15, -0.1) is 0 Å². The van der Waals surface area contributed by atoms with Crippen molar-refractivity contribution in [3.63, 3.8) is 0 Å². The number of piperidine rings is 1. The molecule has 0 saturated carbocycles. The SMILES string of the molecule is O=C(O)CCC1CCN(Cc2ccccc2O)CC1. The highest BCUT2D eigenvalue weighted by atomic mass is 16.4. The van der Waals surface area contributed by atoms with Crippen LogP contribution < -0.4 is 0 Å². The molecule has 4 nitrogen and oxygen atoms in total. The Morgan fingerprint density at radius 3 is 2.58 bits per heavy atom. The van der Waals surface area contributed by atoms with Gasteiger partial charge in [0.25, 0.3) is 0 Å². The molecule has 0 atom stereocenters. The second-order valence-corrected chi connectivity index (χ2v) is 5.28. The van der Waals surface area contributed by atoms with Crippen LogP contribution in [-0.4, -0.2) is 34.2 Å². The highest BCUT2D eigenvalue weighted by Crippen LogP contribution is 2.25. The highest BCUT2D eigenvalue weighted by molar-refractivity contribution is 5.66. The van der Waals surface area contributed by atoms with Gasteiger partial charge in [-0.3, -0.25) is 9.69 Å². The zero-order valence-corrected chi connectivity index (χ0v) is 11.1. The van der Waals surface area contributed by atoms with Gasteiger partial charge in [0.05, 0.1) is 0 Å². The lowest BCUT2D eigenvalue weighted by Crippen LogP contribution is -2.33. The second-order valence-electron chi connectivity index (χ2n) is 5.28. The number of rotatable bonds is 5. The third-order valence-electron chi connectivity index (χ3n) is 3.86. The Labute approximate surface area is 113 Å². The van der Waals surface area contributed by atoms with Gasteiger partial charge in [0.2, 0.25) is 0 Å². The first kappa shape index (κ1) is 13.9. The highest BCUT2D eigenvalue weighted by Gasteiger charge is 2.20. The summed E-state index contributed by atoms with van der Waals surface area (Å²) in [6.45, 7) is 2.75. The van der Waals surface area contributed by atoms with Crippen LogP contribution >= 0.6 is 0 Å². The third-order valence-corrected chi connectivity index (χ3v) is 3.86. The van der Waals surface area contributed by atoms with Crippen LogP contribution in [0.3, 0.4) is 0 Å². The molecule has 1 heterocycles. The normalized spacial score (nSPS) is 17.5. The minimum absolute atomic E-state index is 0.282. The first-order chi connectivity index (χ1) is 9.15.